The molecule has 0 spiro atoms. The fraction of sp³-hybridized carbons (Fsp3) is 0.375. The Kier molecular flexibility index (Phi) is 4.64. The van der Waals surface area contributed by atoms with E-state index in [1.165, 1.54) is 17.7 Å². The Balaban J connectivity index is 1.61. The number of halogens is 1. The Bertz CT molecular complexity index is 662. The molecule has 0 bridgehead atoms. The number of amides is 2. The average molecular weight is 336 g/mol. The van der Waals surface area contributed by atoms with E-state index in [2.05, 4.69) is 15.6 Å². The summed E-state index contributed by atoms with van der Waals surface area (Å²) in [5.74, 6) is 0. The number of aryl methyl sites for hydroxylation is 2. The molecule has 0 aliphatic heterocycles. The molecule has 4 nitrogen and oxygen atoms in total. The first-order chi connectivity index (χ1) is 10.6. The van der Waals surface area contributed by atoms with Gasteiger partial charge in [-0.3, -0.25) is 5.32 Å². The largest absolute Gasteiger partial charge is 0.331 e. The lowest BCUT2D eigenvalue weighted by molar-refractivity contribution is 0.249. The van der Waals surface area contributed by atoms with E-state index < -0.39 is 0 Å². The normalized spacial score (nSPS) is 15.0. The molecule has 22 heavy (non-hydrogen) atoms. The summed E-state index contributed by atoms with van der Waals surface area (Å²) in [6, 6.07) is 7.14. The van der Waals surface area contributed by atoms with Gasteiger partial charge in [-0.1, -0.05) is 23.7 Å². The second-order valence-corrected chi connectivity index (χ2v) is 6.99. The number of nitrogens with zero attached hydrogens (tertiary/aromatic N) is 1. The van der Waals surface area contributed by atoms with Gasteiger partial charge in [-0.15, -0.1) is 11.3 Å². The quantitative estimate of drug-likeness (QED) is 0.864. The van der Waals surface area contributed by atoms with Gasteiger partial charge in [0.05, 0.1) is 11.7 Å². The summed E-state index contributed by atoms with van der Waals surface area (Å²) >= 11 is 7.56. The molecule has 1 unspecified atom stereocenters. The van der Waals surface area contributed by atoms with E-state index in [0.29, 0.717) is 10.2 Å². The van der Waals surface area contributed by atoms with Crippen molar-refractivity contribution in [3.8, 4) is 0 Å². The van der Waals surface area contributed by atoms with E-state index in [1.807, 2.05) is 31.2 Å². The predicted molar refractivity (Wildman–Crippen MR) is 90.8 cm³/mol. The molecule has 116 valence electrons. The number of aromatic nitrogens is 1. The first-order valence-corrected chi connectivity index (χ1v) is 8.63. The highest BCUT2D eigenvalue weighted by Gasteiger charge is 2.17. The summed E-state index contributed by atoms with van der Waals surface area (Å²) < 4.78 is 0. The van der Waals surface area contributed by atoms with Crippen molar-refractivity contribution >= 4 is 34.1 Å². The first-order valence-electron chi connectivity index (χ1n) is 7.43. The minimum Gasteiger partial charge on any atom is -0.331 e. The zero-order valence-corrected chi connectivity index (χ0v) is 13.9. The maximum Gasteiger partial charge on any atom is 0.321 e. The van der Waals surface area contributed by atoms with Crippen molar-refractivity contribution in [3.63, 3.8) is 0 Å². The van der Waals surface area contributed by atoms with E-state index in [4.69, 9.17) is 11.6 Å². The second-order valence-electron chi connectivity index (χ2n) is 5.47. The summed E-state index contributed by atoms with van der Waals surface area (Å²) in [5.41, 5.74) is 2.12. The number of hydrogen-bond acceptors (Lipinski definition) is 3. The van der Waals surface area contributed by atoms with Gasteiger partial charge in [0, 0.05) is 9.90 Å². The van der Waals surface area contributed by atoms with Crippen molar-refractivity contribution in [3.05, 3.63) is 45.4 Å². The van der Waals surface area contributed by atoms with Crippen LogP contribution in [0.2, 0.25) is 5.02 Å². The van der Waals surface area contributed by atoms with Gasteiger partial charge in [0.1, 0.15) is 0 Å². The Morgan fingerprint density at radius 2 is 2.18 bits per heavy atom. The number of hydrogen-bond donors (Lipinski definition) is 2. The Hall–Kier alpha value is -1.59. The molecule has 2 amide bonds. The van der Waals surface area contributed by atoms with Crippen LogP contribution >= 0.6 is 22.9 Å². The number of carbonyl (C=O) groups excluding carboxylic acids is 1. The maximum atomic E-state index is 12.1. The van der Waals surface area contributed by atoms with Crippen LogP contribution in [0.15, 0.2) is 24.3 Å². The molecule has 1 aromatic carbocycles. The molecule has 6 heteroatoms. The van der Waals surface area contributed by atoms with E-state index in [0.717, 1.165) is 24.1 Å². The Morgan fingerprint density at radius 3 is 2.95 bits per heavy atom. The highest BCUT2D eigenvalue weighted by atomic mass is 35.5. The number of benzene rings is 1. The lowest BCUT2D eigenvalue weighted by atomic mass is 10.0. The molecule has 2 aromatic rings. The van der Waals surface area contributed by atoms with E-state index in [1.54, 1.807) is 11.3 Å². The second kappa shape index (κ2) is 6.67. The van der Waals surface area contributed by atoms with Crippen molar-refractivity contribution in [1.29, 1.82) is 0 Å². The van der Waals surface area contributed by atoms with Gasteiger partial charge >= 0.3 is 6.03 Å². The molecule has 1 atom stereocenters. The minimum atomic E-state index is -0.237. The van der Waals surface area contributed by atoms with Gasteiger partial charge in [0.25, 0.3) is 0 Å². The third-order valence-corrected chi connectivity index (χ3v) is 5.07. The molecule has 0 radical (unpaired) electrons. The smallest absolute Gasteiger partial charge is 0.321 e. The first kappa shape index (κ1) is 15.3. The Morgan fingerprint density at radius 1 is 1.36 bits per heavy atom. The van der Waals surface area contributed by atoms with Crippen LogP contribution < -0.4 is 10.6 Å². The average Bonchev–Trinajstić information content (AvgIpc) is 2.89. The molecule has 0 fully saturated rings. The van der Waals surface area contributed by atoms with E-state index >= 15 is 0 Å². The number of fused-ring (bicyclic) bond motifs is 1. The predicted octanol–water partition coefficient (Wildman–Crippen LogP) is 4.56. The number of nitrogens with one attached hydrogen (secondary N) is 2. The topological polar surface area (TPSA) is 54.0 Å². The summed E-state index contributed by atoms with van der Waals surface area (Å²) in [4.78, 5) is 17.9. The lowest BCUT2D eigenvalue weighted by Crippen LogP contribution is -2.31. The van der Waals surface area contributed by atoms with Gasteiger partial charge in [0.15, 0.2) is 5.13 Å². The van der Waals surface area contributed by atoms with Crippen LogP contribution in [0, 0.1) is 0 Å². The van der Waals surface area contributed by atoms with Gasteiger partial charge in [-0.25, -0.2) is 9.78 Å². The number of rotatable bonds is 3. The minimum absolute atomic E-state index is 0.117. The SMILES string of the molecule is CC(NC(=O)Nc1nc2c(s1)CCCC2)c1cccc(Cl)c1. The molecule has 2 N–H and O–H groups in total. The van der Waals surface area contributed by atoms with Crippen molar-refractivity contribution in [1.82, 2.24) is 10.3 Å². The fourth-order valence-corrected chi connectivity index (χ4v) is 3.84. The number of thiazole rings is 1. The van der Waals surface area contributed by atoms with Crippen LogP contribution in [0.25, 0.3) is 0 Å². The van der Waals surface area contributed by atoms with Crippen LogP contribution in [-0.2, 0) is 12.8 Å². The van der Waals surface area contributed by atoms with E-state index in [9.17, 15) is 4.79 Å². The fourth-order valence-electron chi connectivity index (χ4n) is 2.59. The maximum absolute atomic E-state index is 12.1. The zero-order valence-electron chi connectivity index (χ0n) is 12.4. The van der Waals surface area contributed by atoms with Crippen molar-refractivity contribution in [2.75, 3.05) is 5.32 Å². The van der Waals surface area contributed by atoms with Gasteiger partial charge in [-0.2, -0.15) is 0 Å². The molecule has 0 saturated heterocycles. The van der Waals surface area contributed by atoms with Gasteiger partial charge in [-0.05, 0) is 50.3 Å². The van der Waals surface area contributed by atoms with Crippen LogP contribution in [0.4, 0.5) is 9.93 Å². The highest BCUT2D eigenvalue weighted by molar-refractivity contribution is 7.15. The molecule has 0 saturated carbocycles. The third kappa shape index (κ3) is 3.59. The standard InChI is InChI=1S/C16H18ClN3OS/c1-10(11-5-4-6-12(17)9-11)18-15(21)20-16-19-13-7-2-3-8-14(13)22-16/h4-6,9-10H,2-3,7-8H2,1H3,(H2,18,19,20,21). The lowest BCUT2D eigenvalue weighted by Gasteiger charge is -2.14. The molecular weight excluding hydrogens is 318 g/mol. The van der Waals surface area contributed by atoms with Crippen LogP contribution in [0.5, 0.6) is 0 Å². The van der Waals surface area contributed by atoms with Crippen LogP contribution in [0.1, 0.15) is 41.9 Å². The van der Waals surface area contributed by atoms with Crippen molar-refractivity contribution in [2.45, 2.75) is 38.6 Å². The molecule has 1 aliphatic rings. The summed E-state index contributed by atoms with van der Waals surface area (Å²) in [5, 5.41) is 7.10. The Labute approximate surface area is 138 Å². The number of carbonyl (C=O) groups is 1. The molecule has 1 aliphatic carbocycles. The summed E-state index contributed by atoms with van der Waals surface area (Å²) in [6.45, 7) is 1.93. The molecule has 1 aromatic heterocycles. The zero-order chi connectivity index (χ0) is 15.5. The number of anilines is 1. The summed E-state index contributed by atoms with van der Waals surface area (Å²) in [7, 11) is 0. The van der Waals surface area contributed by atoms with Crippen molar-refractivity contribution < 1.29 is 4.79 Å². The molecular formula is C16H18ClN3OS. The van der Waals surface area contributed by atoms with Gasteiger partial charge in [0.2, 0.25) is 0 Å². The third-order valence-electron chi connectivity index (χ3n) is 3.76. The molecule has 1 heterocycles. The molecule has 3 rings (SSSR count). The van der Waals surface area contributed by atoms with Crippen LogP contribution in [-0.4, -0.2) is 11.0 Å². The number of urea groups is 1. The van der Waals surface area contributed by atoms with Crippen molar-refractivity contribution in [2.24, 2.45) is 0 Å². The van der Waals surface area contributed by atoms with Gasteiger partial charge < -0.3 is 5.32 Å². The highest BCUT2D eigenvalue weighted by Crippen LogP contribution is 2.29. The monoisotopic (exact) mass is 335 g/mol. The van der Waals surface area contributed by atoms with Crippen LogP contribution in [0.3, 0.4) is 0 Å². The van der Waals surface area contributed by atoms with E-state index in [-0.39, 0.29) is 12.1 Å². The summed E-state index contributed by atoms with van der Waals surface area (Å²) in [6.07, 6.45) is 4.50.